The van der Waals surface area contributed by atoms with E-state index in [9.17, 15) is 14.4 Å². The third-order valence-electron chi connectivity index (χ3n) is 2.45. The molecule has 1 aromatic rings. The maximum absolute atomic E-state index is 11.9. The third-order valence-corrected chi connectivity index (χ3v) is 2.88. The number of carbonyl (C=O) groups is 3. The first-order valence-corrected chi connectivity index (χ1v) is 6.48. The summed E-state index contributed by atoms with van der Waals surface area (Å²) in [4.78, 5) is 34.5. The Morgan fingerprint density at radius 2 is 2.00 bits per heavy atom. The molecule has 0 saturated carbocycles. The summed E-state index contributed by atoms with van der Waals surface area (Å²) in [6, 6.07) is 2.06. The molecule has 110 valence electrons. The van der Waals surface area contributed by atoms with E-state index in [2.05, 4.69) is 30.7 Å². The zero-order chi connectivity index (χ0) is 15.1. The fourth-order valence-corrected chi connectivity index (χ4v) is 1.73. The zero-order valence-corrected chi connectivity index (χ0v) is 12.6. The zero-order valence-electron chi connectivity index (χ0n) is 11.0. The largest absolute Gasteiger partial charge is 0.469 e. The molecule has 0 aliphatic rings. The molecule has 0 aliphatic carbocycles. The van der Waals surface area contributed by atoms with Crippen molar-refractivity contribution in [3.8, 4) is 0 Å². The van der Waals surface area contributed by atoms with Crippen LogP contribution in [0, 0.1) is 0 Å². The van der Waals surface area contributed by atoms with Gasteiger partial charge < -0.3 is 19.2 Å². The molecule has 7 nitrogen and oxygen atoms in total. The number of furan rings is 1. The second kappa shape index (κ2) is 7.68. The van der Waals surface area contributed by atoms with E-state index in [1.165, 1.54) is 20.3 Å². The van der Waals surface area contributed by atoms with Gasteiger partial charge in [-0.1, -0.05) is 0 Å². The fourth-order valence-electron chi connectivity index (χ4n) is 1.42. The number of esters is 2. The van der Waals surface area contributed by atoms with Crippen LogP contribution in [0.25, 0.3) is 0 Å². The van der Waals surface area contributed by atoms with Crippen LogP contribution in [0.4, 0.5) is 0 Å². The molecule has 0 bridgehead atoms. The van der Waals surface area contributed by atoms with Crippen molar-refractivity contribution in [3.05, 3.63) is 22.6 Å². The number of carbonyl (C=O) groups excluding carboxylic acids is 3. The number of ether oxygens (including phenoxy) is 2. The Morgan fingerprint density at radius 3 is 2.50 bits per heavy atom. The molecule has 0 radical (unpaired) electrons. The Balaban J connectivity index is 2.66. The van der Waals surface area contributed by atoms with Gasteiger partial charge in [-0.2, -0.15) is 0 Å². The number of hydrogen-bond acceptors (Lipinski definition) is 6. The Kier molecular flexibility index (Phi) is 6.23. The van der Waals surface area contributed by atoms with Gasteiger partial charge in [0.25, 0.3) is 5.91 Å². The van der Waals surface area contributed by atoms with Crippen molar-refractivity contribution in [1.29, 1.82) is 0 Å². The van der Waals surface area contributed by atoms with Gasteiger partial charge in [0.15, 0.2) is 10.4 Å². The second-order valence-corrected chi connectivity index (χ2v) is 4.55. The topological polar surface area (TPSA) is 94.8 Å². The quantitative estimate of drug-likeness (QED) is 0.778. The number of nitrogens with one attached hydrogen (secondary N) is 1. The fraction of sp³-hybridized carbons (Fsp3) is 0.417. The first-order chi connectivity index (χ1) is 9.47. The highest BCUT2D eigenvalue weighted by molar-refractivity contribution is 9.10. The second-order valence-electron chi connectivity index (χ2n) is 3.77. The van der Waals surface area contributed by atoms with Gasteiger partial charge in [-0.05, 0) is 34.5 Å². The van der Waals surface area contributed by atoms with Crippen LogP contribution >= 0.6 is 15.9 Å². The van der Waals surface area contributed by atoms with Gasteiger partial charge in [0.1, 0.15) is 6.04 Å². The lowest BCUT2D eigenvalue weighted by Gasteiger charge is -2.15. The Hall–Kier alpha value is -1.83. The lowest BCUT2D eigenvalue weighted by Crippen LogP contribution is -2.41. The van der Waals surface area contributed by atoms with E-state index in [1.807, 2.05) is 0 Å². The summed E-state index contributed by atoms with van der Waals surface area (Å²) in [5.74, 6) is -1.65. The highest BCUT2D eigenvalue weighted by atomic mass is 79.9. The van der Waals surface area contributed by atoms with Crippen molar-refractivity contribution in [1.82, 2.24) is 5.32 Å². The van der Waals surface area contributed by atoms with E-state index in [1.54, 1.807) is 6.07 Å². The van der Waals surface area contributed by atoms with Crippen molar-refractivity contribution in [3.63, 3.8) is 0 Å². The van der Waals surface area contributed by atoms with Crippen LogP contribution in [0.1, 0.15) is 23.4 Å². The minimum absolute atomic E-state index is 0.0155. The number of halogens is 1. The van der Waals surface area contributed by atoms with Crippen molar-refractivity contribution in [2.24, 2.45) is 0 Å². The average molecular weight is 348 g/mol. The monoisotopic (exact) mass is 347 g/mol. The highest BCUT2D eigenvalue weighted by Crippen LogP contribution is 2.14. The van der Waals surface area contributed by atoms with Gasteiger partial charge in [0.05, 0.1) is 14.2 Å². The molecule has 8 heteroatoms. The van der Waals surface area contributed by atoms with Crippen LogP contribution in [0.2, 0.25) is 0 Å². The molecule has 0 aliphatic heterocycles. The molecule has 1 aromatic heterocycles. The molecule has 20 heavy (non-hydrogen) atoms. The first-order valence-electron chi connectivity index (χ1n) is 5.68. The summed E-state index contributed by atoms with van der Waals surface area (Å²) in [7, 11) is 2.44. The van der Waals surface area contributed by atoms with Gasteiger partial charge in [0.2, 0.25) is 0 Å². The molecule has 0 unspecified atom stereocenters. The van der Waals surface area contributed by atoms with Crippen molar-refractivity contribution in [2.75, 3.05) is 14.2 Å². The van der Waals surface area contributed by atoms with Gasteiger partial charge >= 0.3 is 11.9 Å². The standard InChI is InChI=1S/C12H14BrNO6/c1-18-10(15)6-3-7(12(17)19-2)14-11(16)8-4-5-9(13)20-8/h4-5,7H,3,6H2,1-2H3,(H,14,16)/t7-/m0/s1. The minimum atomic E-state index is -0.949. The average Bonchev–Trinajstić information content (AvgIpc) is 2.88. The number of amides is 1. The van der Waals surface area contributed by atoms with E-state index >= 15 is 0 Å². The van der Waals surface area contributed by atoms with Crippen molar-refractivity contribution in [2.45, 2.75) is 18.9 Å². The van der Waals surface area contributed by atoms with Gasteiger partial charge in [-0.15, -0.1) is 0 Å². The van der Waals surface area contributed by atoms with Gasteiger partial charge in [-0.3, -0.25) is 9.59 Å². The van der Waals surface area contributed by atoms with Crippen LogP contribution in [-0.4, -0.2) is 38.1 Å². The van der Waals surface area contributed by atoms with E-state index < -0.39 is 23.9 Å². The van der Waals surface area contributed by atoms with Crippen LogP contribution in [0.3, 0.4) is 0 Å². The molecule has 1 atom stereocenters. The van der Waals surface area contributed by atoms with E-state index in [0.29, 0.717) is 4.67 Å². The molecule has 1 N–H and O–H groups in total. The Bertz CT molecular complexity index is 498. The predicted molar refractivity (Wildman–Crippen MR) is 70.9 cm³/mol. The molecular weight excluding hydrogens is 334 g/mol. The molecule has 1 rings (SSSR count). The molecule has 0 aromatic carbocycles. The van der Waals surface area contributed by atoms with Crippen LogP contribution in [0.15, 0.2) is 21.2 Å². The van der Waals surface area contributed by atoms with Crippen LogP contribution < -0.4 is 5.32 Å². The van der Waals surface area contributed by atoms with Gasteiger partial charge in [0, 0.05) is 6.42 Å². The number of methoxy groups -OCH3 is 2. The maximum Gasteiger partial charge on any atom is 0.328 e. The summed E-state index contributed by atoms with van der Waals surface area (Å²) in [5.41, 5.74) is 0. The van der Waals surface area contributed by atoms with E-state index in [-0.39, 0.29) is 18.6 Å². The number of hydrogen-bond donors (Lipinski definition) is 1. The Labute approximate surface area is 123 Å². The summed E-state index contributed by atoms with van der Waals surface area (Å²) in [5, 5.41) is 2.44. The van der Waals surface area contributed by atoms with E-state index in [0.717, 1.165) is 0 Å². The summed E-state index contributed by atoms with van der Waals surface area (Å²) >= 11 is 3.07. The SMILES string of the molecule is COC(=O)CC[C@H](NC(=O)c1ccc(Br)o1)C(=O)OC. The van der Waals surface area contributed by atoms with Crippen molar-refractivity contribution >= 4 is 33.8 Å². The highest BCUT2D eigenvalue weighted by Gasteiger charge is 2.24. The first kappa shape index (κ1) is 16.2. The van der Waals surface area contributed by atoms with Crippen LogP contribution in [-0.2, 0) is 19.1 Å². The predicted octanol–water partition coefficient (Wildman–Crippen LogP) is 1.27. The summed E-state index contributed by atoms with van der Waals surface area (Å²) < 4.78 is 14.5. The summed E-state index contributed by atoms with van der Waals surface area (Å²) in [6.45, 7) is 0. The maximum atomic E-state index is 11.9. The molecule has 1 amide bonds. The normalized spacial score (nSPS) is 11.6. The third kappa shape index (κ3) is 4.69. The minimum Gasteiger partial charge on any atom is -0.469 e. The van der Waals surface area contributed by atoms with Crippen molar-refractivity contribution < 1.29 is 28.3 Å². The molecule has 1 heterocycles. The Morgan fingerprint density at radius 1 is 1.30 bits per heavy atom. The molecule has 0 saturated heterocycles. The lowest BCUT2D eigenvalue weighted by molar-refractivity contribution is -0.144. The lowest BCUT2D eigenvalue weighted by atomic mass is 10.1. The molecule has 0 fully saturated rings. The molecular formula is C12H14BrNO6. The summed E-state index contributed by atoms with van der Waals surface area (Å²) in [6.07, 6.45) is 0.0609. The number of rotatable bonds is 6. The van der Waals surface area contributed by atoms with Crippen LogP contribution in [0.5, 0.6) is 0 Å². The smallest absolute Gasteiger partial charge is 0.328 e. The van der Waals surface area contributed by atoms with E-state index in [4.69, 9.17) is 4.42 Å². The molecule has 0 spiro atoms. The van der Waals surface area contributed by atoms with Gasteiger partial charge in [-0.25, -0.2) is 4.79 Å².